The normalized spacial score (nSPS) is 16.1. The molecule has 0 fully saturated rings. The largest absolute Gasteiger partial charge is 0.489 e. The number of para-hydroxylation sites is 1. The van der Waals surface area contributed by atoms with E-state index in [1.54, 1.807) is 0 Å². The molecular weight excluding hydrogens is 347 g/mol. The molecule has 1 aliphatic heterocycles. The molecule has 0 radical (unpaired) electrons. The minimum Gasteiger partial charge on any atom is -0.489 e. The number of amides is 1. The van der Waals surface area contributed by atoms with Crippen LogP contribution in [0.15, 0.2) is 47.1 Å². The number of carbonyl (C=O) groups is 1. The lowest BCUT2D eigenvalue weighted by atomic mass is 9.96. The summed E-state index contributed by atoms with van der Waals surface area (Å²) in [5.74, 6) is -0.878. The summed E-state index contributed by atoms with van der Waals surface area (Å²) in [6.45, 7) is 1.14. The molecule has 0 bridgehead atoms. The zero-order valence-electron chi connectivity index (χ0n) is 14.8. The lowest BCUT2D eigenvalue weighted by Crippen LogP contribution is -2.40. The van der Waals surface area contributed by atoms with Crippen LogP contribution in [0, 0.1) is 5.82 Å². The van der Waals surface area contributed by atoms with Gasteiger partial charge >= 0.3 is 0 Å². The van der Waals surface area contributed by atoms with E-state index >= 15 is 0 Å². The number of ether oxygens (including phenoxy) is 1. The lowest BCUT2D eigenvalue weighted by Gasteiger charge is -2.27. The van der Waals surface area contributed by atoms with Crippen LogP contribution in [0.1, 0.15) is 27.9 Å². The average molecular weight is 368 g/mol. The van der Waals surface area contributed by atoms with Crippen molar-refractivity contribution < 1.29 is 18.3 Å². The summed E-state index contributed by atoms with van der Waals surface area (Å²) < 4.78 is 25.0. The second-order valence-corrected chi connectivity index (χ2v) is 6.79. The van der Waals surface area contributed by atoms with Gasteiger partial charge in [-0.3, -0.25) is 4.79 Å². The Labute approximate surface area is 156 Å². The van der Waals surface area contributed by atoms with Crippen LogP contribution < -0.4 is 15.8 Å². The van der Waals surface area contributed by atoms with Gasteiger partial charge in [0.05, 0.1) is 6.26 Å². The van der Waals surface area contributed by atoms with Gasteiger partial charge in [0.2, 0.25) is 5.91 Å². The van der Waals surface area contributed by atoms with E-state index in [0.29, 0.717) is 24.2 Å². The van der Waals surface area contributed by atoms with E-state index in [0.717, 1.165) is 30.4 Å². The number of carbonyl (C=O) groups excluding carboxylic acids is 1. The van der Waals surface area contributed by atoms with Gasteiger partial charge in [-0.15, -0.1) is 0 Å². The number of furan rings is 1. The fourth-order valence-corrected chi connectivity index (χ4v) is 3.62. The number of nitrogens with one attached hydrogen (secondary N) is 1. The second kappa shape index (κ2) is 7.40. The number of fused-ring (bicyclic) bond motifs is 2. The van der Waals surface area contributed by atoms with E-state index < -0.39 is 11.7 Å². The molecule has 2 heterocycles. The summed E-state index contributed by atoms with van der Waals surface area (Å²) in [4.78, 5) is 11.6. The Morgan fingerprint density at radius 3 is 2.96 bits per heavy atom. The van der Waals surface area contributed by atoms with E-state index in [2.05, 4.69) is 11.4 Å². The number of rotatable bonds is 6. The molecule has 0 saturated heterocycles. The molecule has 1 amide bonds. The van der Waals surface area contributed by atoms with E-state index in [9.17, 15) is 9.18 Å². The Balaban J connectivity index is 1.35. The van der Waals surface area contributed by atoms with Crippen molar-refractivity contribution >= 4 is 16.9 Å². The summed E-state index contributed by atoms with van der Waals surface area (Å²) in [5.41, 5.74) is 8.37. The minimum atomic E-state index is -0.567. The highest BCUT2D eigenvalue weighted by molar-refractivity contribution is 5.95. The van der Waals surface area contributed by atoms with Crippen LogP contribution in [0.3, 0.4) is 0 Å². The summed E-state index contributed by atoms with van der Waals surface area (Å²) in [5, 5.41) is 4.58. The number of hydrogen-bond acceptors (Lipinski definition) is 4. The molecule has 6 heteroatoms. The van der Waals surface area contributed by atoms with E-state index in [1.165, 1.54) is 17.7 Å². The Morgan fingerprint density at radius 2 is 2.11 bits per heavy atom. The van der Waals surface area contributed by atoms with E-state index in [4.69, 9.17) is 14.9 Å². The topological polar surface area (TPSA) is 77.5 Å². The Bertz CT molecular complexity index is 983. The molecule has 1 aliphatic rings. The highest BCUT2D eigenvalue weighted by Gasteiger charge is 2.26. The van der Waals surface area contributed by atoms with Crippen molar-refractivity contribution in [2.24, 2.45) is 5.73 Å². The molecular formula is C21H21FN2O3. The van der Waals surface area contributed by atoms with Crippen LogP contribution in [-0.4, -0.2) is 25.1 Å². The third-order valence-electron chi connectivity index (χ3n) is 4.97. The van der Waals surface area contributed by atoms with Crippen LogP contribution in [0.25, 0.3) is 11.0 Å². The van der Waals surface area contributed by atoms with Crippen LogP contribution in [-0.2, 0) is 12.8 Å². The maximum absolute atomic E-state index is 13.9. The van der Waals surface area contributed by atoms with E-state index in [-0.39, 0.29) is 11.8 Å². The van der Waals surface area contributed by atoms with Crippen molar-refractivity contribution in [1.82, 2.24) is 5.32 Å². The lowest BCUT2D eigenvalue weighted by molar-refractivity contribution is 0.0997. The van der Waals surface area contributed by atoms with Gasteiger partial charge in [0.1, 0.15) is 12.2 Å². The highest BCUT2D eigenvalue weighted by Crippen LogP contribution is 2.31. The number of nitrogens with two attached hydrogens (primary N) is 1. The SMILES string of the molecule is NC(=O)c1ccc(F)c2c1CC(NCCCc1coc3ccccc13)CO2. The van der Waals surface area contributed by atoms with Gasteiger partial charge in [0, 0.05) is 22.6 Å². The molecule has 1 unspecified atom stereocenters. The van der Waals surface area contributed by atoms with Crippen molar-refractivity contribution in [3.05, 3.63) is 65.2 Å². The van der Waals surface area contributed by atoms with Crippen LogP contribution >= 0.6 is 0 Å². The van der Waals surface area contributed by atoms with Gasteiger partial charge in [-0.1, -0.05) is 18.2 Å². The number of halogens is 1. The summed E-state index contributed by atoms with van der Waals surface area (Å²) in [6, 6.07) is 10.6. The Hall–Kier alpha value is -2.86. The van der Waals surface area contributed by atoms with Crippen molar-refractivity contribution in [1.29, 1.82) is 0 Å². The van der Waals surface area contributed by atoms with Gasteiger partial charge in [0.25, 0.3) is 0 Å². The van der Waals surface area contributed by atoms with Crippen molar-refractivity contribution in [2.45, 2.75) is 25.3 Å². The average Bonchev–Trinajstić information content (AvgIpc) is 3.08. The highest BCUT2D eigenvalue weighted by atomic mass is 19.1. The van der Waals surface area contributed by atoms with Crippen molar-refractivity contribution in [3.8, 4) is 5.75 Å². The molecule has 2 aromatic carbocycles. The molecule has 5 nitrogen and oxygen atoms in total. The molecule has 0 spiro atoms. The number of hydrogen-bond donors (Lipinski definition) is 2. The predicted octanol–water partition coefficient (Wildman–Crippen LogP) is 3.20. The first-order valence-electron chi connectivity index (χ1n) is 9.06. The van der Waals surface area contributed by atoms with Gasteiger partial charge in [-0.25, -0.2) is 4.39 Å². The molecule has 140 valence electrons. The standard InChI is InChI=1S/C21H21FN2O3/c22-18-8-7-16(21(23)25)17-10-14(12-27-20(17)18)24-9-3-4-13-11-26-19-6-2-1-5-15(13)19/h1-2,5-8,11,14,24H,3-4,9-10,12H2,(H2,23,25). The first kappa shape index (κ1) is 17.5. The Morgan fingerprint density at radius 1 is 1.26 bits per heavy atom. The van der Waals surface area contributed by atoms with Gasteiger partial charge < -0.3 is 20.2 Å². The van der Waals surface area contributed by atoms with Gasteiger partial charge in [-0.2, -0.15) is 0 Å². The monoisotopic (exact) mass is 368 g/mol. The van der Waals surface area contributed by atoms with E-state index in [1.807, 2.05) is 24.5 Å². The summed E-state index contributed by atoms with van der Waals surface area (Å²) >= 11 is 0. The maximum Gasteiger partial charge on any atom is 0.249 e. The fourth-order valence-electron chi connectivity index (χ4n) is 3.62. The first-order valence-corrected chi connectivity index (χ1v) is 9.06. The molecule has 1 atom stereocenters. The van der Waals surface area contributed by atoms with Crippen LogP contribution in [0.2, 0.25) is 0 Å². The number of primary amides is 1. The zero-order valence-corrected chi connectivity index (χ0v) is 14.8. The second-order valence-electron chi connectivity index (χ2n) is 6.79. The molecule has 3 N–H and O–H groups in total. The third kappa shape index (κ3) is 3.53. The molecule has 0 saturated carbocycles. The number of benzene rings is 2. The summed E-state index contributed by atoms with van der Waals surface area (Å²) in [7, 11) is 0. The smallest absolute Gasteiger partial charge is 0.249 e. The van der Waals surface area contributed by atoms with Crippen molar-refractivity contribution in [3.63, 3.8) is 0 Å². The molecule has 3 aromatic rings. The minimum absolute atomic E-state index is 0.0125. The van der Waals surface area contributed by atoms with Crippen LogP contribution in [0.4, 0.5) is 4.39 Å². The molecule has 4 rings (SSSR count). The summed E-state index contributed by atoms with van der Waals surface area (Å²) in [6.07, 6.45) is 4.15. The number of aryl methyl sites for hydroxylation is 1. The molecule has 1 aromatic heterocycles. The molecule has 27 heavy (non-hydrogen) atoms. The maximum atomic E-state index is 13.9. The van der Waals surface area contributed by atoms with Gasteiger partial charge in [-0.05, 0) is 49.6 Å². The molecule has 0 aliphatic carbocycles. The Kier molecular flexibility index (Phi) is 4.81. The van der Waals surface area contributed by atoms with Crippen LogP contribution in [0.5, 0.6) is 5.75 Å². The third-order valence-corrected chi connectivity index (χ3v) is 4.97. The zero-order chi connectivity index (χ0) is 18.8. The first-order chi connectivity index (χ1) is 13.1. The van der Waals surface area contributed by atoms with Gasteiger partial charge in [0.15, 0.2) is 11.6 Å². The quantitative estimate of drug-likeness (QED) is 0.655. The van der Waals surface area contributed by atoms with Crippen molar-refractivity contribution in [2.75, 3.05) is 13.2 Å². The predicted molar refractivity (Wildman–Crippen MR) is 100 cm³/mol. The fraction of sp³-hybridized carbons (Fsp3) is 0.286.